The van der Waals surface area contributed by atoms with Gasteiger partial charge in [-0.05, 0) is 19.3 Å². The number of nitrogens with zero attached hydrogens (tertiary/aromatic N) is 2. The van der Waals surface area contributed by atoms with Crippen LogP contribution >= 0.6 is 0 Å². The zero-order valence-corrected chi connectivity index (χ0v) is 13.7. The summed E-state index contributed by atoms with van der Waals surface area (Å²) in [4.78, 5) is 8.62. The standard InChI is InChI=1S/C18H22N4O2/c1-19-18(22-14-9-13-7-8-15(14)23-13)21-11-17-20-10-16(24-17)12-5-3-2-4-6-12/h2-6,10,13-15H,7-9,11H2,1H3,(H2,19,21,22). The van der Waals surface area contributed by atoms with Crippen molar-refractivity contribution in [2.24, 2.45) is 4.99 Å². The highest BCUT2D eigenvalue weighted by Crippen LogP contribution is 2.34. The van der Waals surface area contributed by atoms with E-state index in [0.29, 0.717) is 30.7 Å². The van der Waals surface area contributed by atoms with Crippen molar-refractivity contribution < 1.29 is 9.15 Å². The monoisotopic (exact) mass is 326 g/mol. The first-order valence-corrected chi connectivity index (χ1v) is 8.44. The Balaban J connectivity index is 1.33. The van der Waals surface area contributed by atoms with Crippen LogP contribution in [-0.2, 0) is 11.3 Å². The number of hydrogen-bond donors (Lipinski definition) is 2. The number of hydrogen-bond acceptors (Lipinski definition) is 4. The van der Waals surface area contributed by atoms with Crippen molar-refractivity contribution in [3.63, 3.8) is 0 Å². The van der Waals surface area contributed by atoms with Crippen LogP contribution in [0, 0.1) is 0 Å². The van der Waals surface area contributed by atoms with Gasteiger partial charge in [-0.25, -0.2) is 4.98 Å². The lowest BCUT2D eigenvalue weighted by molar-refractivity contribution is 0.0992. The van der Waals surface area contributed by atoms with Gasteiger partial charge in [0.15, 0.2) is 11.7 Å². The molecule has 0 amide bonds. The van der Waals surface area contributed by atoms with E-state index in [1.165, 1.54) is 6.42 Å². The van der Waals surface area contributed by atoms with Crippen LogP contribution in [0.4, 0.5) is 0 Å². The molecular weight excluding hydrogens is 304 g/mol. The zero-order chi connectivity index (χ0) is 16.4. The molecule has 0 spiro atoms. The summed E-state index contributed by atoms with van der Waals surface area (Å²) in [6, 6.07) is 10.3. The SMILES string of the molecule is CN=C(NCc1ncc(-c2ccccc2)o1)NC1CC2CCC1O2. The molecule has 2 aliphatic heterocycles. The van der Waals surface area contributed by atoms with Gasteiger partial charge in [0.1, 0.15) is 0 Å². The second-order valence-corrected chi connectivity index (χ2v) is 6.27. The molecule has 2 fully saturated rings. The Morgan fingerprint density at radius 3 is 2.88 bits per heavy atom. The van der Waals surface area contributed by atoms with Gasteiger partial charge < -0.3 is 19.8 Å². The summed E-state index contributed by atoms with van der Waals surface area (Å²) in [5.41, 5.74) is 1.03. The van der Waals surface area contributed by atoms with E-state index in [9.17, 15) is 0 Å². The van der Waals surface area contributed by atoms with Crippen molar-refractivity contribution in [1.82, 2.24) is 15.6 Å². The third-order valence-corrected chi connectivity index (χ3v) is 4.67. The highest BCUT2D eigenvalue weighted by molar-refractivity contribution is 5.80. The van der Waals surface area contributed by atoms with Gasteiger partial charge >= 0.3 is 0 Å². The minimum atomic E-state index is 0.319. The Bertz CT molecular complexity index is 713. The number of rotatable bonds is 4. The predicted octanol–water partition coefficient (Wildman–Crippen LogP) is 2.33. The molecule has 2 aliphatic rings. The van der Waals surface area contributed by atoms with Crippen LogP contribution in [0.3, 0.4) is 0 Å². The van der Waals surface area contributed by atoms with E-state index in [1.54, 1.807) is 13.2 Å². The maximum Gasteiger partial charge on any atom is 0.214 e. The minimum Gasteiger partial charge on any atom is -0.439 e. The molecule has 6 heteroatoms. The molecule has 2 saturated heterocycles. The third kappa shape index (κ3) is 3.14. The molecule has 2 bridgehead atoms. The zero-order valence-electron chi connectivity index (χ0n) is 13.7. The molecule has 126 valence electrons. The van der Waals surface area contributed by atoms with Gasteiger partial charge in [-0.3, -0.25) is 4.99 Å². The van der Waals surface area contributed by atoms with E-state index in [-0.39, 0.29) is 0 Å². The van der Waals surface area contributed by atoms with E-state index in [0.717, 1.165) is 30.1 Å². The number of nitrogens with one attached hydrogen (secondary N) is 2. The summed E-state index contributed by atoms with van der Waals surface area (Å²) < 4.78 is 11.7. The first kappa shape index (κ1) is 15.2. The van der Waals surface area contributed by atoms with Crippen LogP contribution in [0.5, 0.6) is 0 Å². The lowest BCUT2D eigenvalue weighted by atomic mass is 9.96. The van der Waals surface area contributed by atoms with Crippen LogP contribution in [0.25, 0.3) is 11.3 Å². The van der Waals surface area contributed by atoms with Crippen LogP contribution in [0.2, 0.25) is 0 Å². The van der Waals surface area contributed by atoms with Crippen LogP contribution in [-0.4, -0.2) is 36.2 Å². The summed E-state index contributed by atoms with van der Waals surface area (Å²) in [7, 11) is 1.77. The van der Waals surface area contributed by atoms with E-state index < -0.39 is 0 Å². The minimum absolute atomic E-state index is 0.319. The van der Waals surface area contributed by atoms with Gasteiger partial charge in [-0.2, -0.15) is 0 Å². The van der Waals surface area contributed by atoms with Crippen LogP contribution in [0.1, 0.15) is 25.2 Å². The van der Waals surface area contributed by atoms with Crippen LogP contribution in [0.15, 0.2) is 45.9 Å². The van der Waals surface area contributed by atoms with Crippen LogP contribution < -0.4 is 10.6 Å². The summed E-state index contributed by atoms with van der Waals surface area (Å²) in [5, 5.41) is 6.71. The highest BCUT2D eigenvalue weighted by atomic mass is 16.5. The lowest BCUT2D eigenvalue weighted by Crippen LogP contribution is -2.47. The molecule has 1 aromatic heterocycles. The normalized spacial score (nSPS) is 25.9. The Morgan fingerprint density at radius 1 is 1.29 bits per heavy atom. The number of benzene rings is 1. The largest absolute Gasteiger partial charge is 0.439 e. The molecule has 24 heavy (non-hydrogen) atoms. The van der Waals surface area contributed by atoms with Crippen molar-refractivity contribution in [2.45, 2.75) is 44.1 Å². The Labute approximate surface area is 141 Å². The van der Waals surface area contributed by atoms with Crippen molar-refractivity contribution in [1.29, 1.82) is 0 Å². The number of oxazole rings is 1. The fraction of sp³-hybridized carbons (Fsp3) is 0.444. The highest BCUT2D eigenvalue weighted by Gasteiger charge is 2.41. The third-order valence-electron chi connectivity index (χ3n) is 4.67. The molecule has 0 radical (unpaired) electrons. The lowest BCUT2D eigenvalue weighted by Gasteiger charge is -2.22. The Hall–Kier alpha value is -2.34. The molecule has 2 aromatic rings. The second-order valence-electron chi connectivity index (χ2n) is 6.27. The topological polar surface area (TPSA) is 71.7 Å². The van der Waals surface area contributed by atoms with Gasteiger partial charge in [0.05, 0.1) is 31.0 Å². The Morgan fingerprint density at radius 2 is 2.17 bits per heavy atom. The molecule has 3 unspecified atom stereocenters. The molecule has 4 rings (SSSR count). The smallest absolute Gasteiger partial charge is 0.214 e. The number of aromatic nitrogens is 1. The second kappa shape index (κ2) is 6.65. The molecule has 1 aromatic carbocycles. The molecular formula is C18H22N4O2. The molecule has 0 saturated carbocycles. The summed E-state index contributed by atoms with van der Waals surface area (Å²) in [6.07, 6.45) is 5.88. The Kier molecular flexibility index (Phi) is 4.21. The van der Waals surface area contributed by atoms with E-state index in [4.69, 9.17) is 9.15 Å². The summed E-state index contributed by atoms with van der Waals surface area (Å²) in [6.45, 7) is 0.494. The van der Waals surface area contributed by atoms with Crippen molar-refractivity contribution in [2.75, 3.05) is 7.05 Å². The molecule has 6 nitrogen and oxygen atoms in total. The van der Waals surface area contributed by atoms with E-state index in [1.807, 2.05) is 30.3 Å². The molecule has 2 N–H and O–H groups in total. The first-order chi connectivity index (χ1) is 11.8. The number of aliphatic imine (C=N–C) groups is 1. The van der Waals surface area contributed by atoms with Crippen molar-refractivity contribution in [3.8, 4) is 11.3 Å². The van der Waals surface area contributed by atoms with Gasteiger partial charge in [0.25, 0.3) is 0 Å². The summed E-state index contributed by atoms with van der Waals surface area (Å²) in [5.74, 6) is 2.17. The van der Waals surface area contributed by atoms with Gasteiger partial charge in [-0.1, -0.05) is 30.3 Å². The fourth-order valence-electron chi connectivity index (χ4n) is 3.45. The average molecular weight is 326 g/mol. The van der Waals surface area contributed by atoms with Gasteiger partial charge in [0.2, 0.25) is 5.89 Å². The van der Waals surface area contributed by atoms with E-state index >= 15 is 0 Å². The molecule has 0 aliphatic carbocycles. The molecule has 3 heterocycles. The quantitative estimate of drug-likeness (QED) is 0.666. The van der Waals surface area contributed by atoms with Gasteiger partial charge in [-0.15, -0.1) is 0 Å². The number of fused-ring (bicyclic) bond motifs is 2. The average Bonchev–Trinajstić information content (AvgIpc) is 3.36. The number of ether oxygens (including phenoxy) is 1. The maximum absolute atomic E-state index is 5.87. The predicted molar refractivity (Wildman–Crippen MR) is 91.6 cm³/mol. The molecule has 3 atom stereocenters. The van der Waals surface area contributed by atoms with Crippen molar-refractivity contribution >= 4 is 5.96 Å². The fourth-order valence-corrected chi connectivity index (χ4v) is 3.45. The van der Waals surface area contributed by atoms with Crippen molar-refractivity contribution in [3.05, 3.63) is 42.4 Å². The number of guanidine groups is 1. The maximum atomic E-state index is 5.87. The van der Waals surface area contributed by atoms with Gasteiger partial charge in [0, 0.05) is 12.6 Å². The summed E-state index contributed by atoms with van der Waals surface area (Å²) >= 11 is 0. The first-order valence-electron chi connectivity index (χ1n) is 8.44. The van der Waals surface area contributed by atoms with E-state index in [2.05, 4.69) is 20.6 Å².